The van der Waals surface area contributed by atoms with E-state index in [0.29, 0.717) is 22.1 Å². The van der Waals surface area contributed by atoms with Gasteiger partial charge in [-0.3, -0.25) is 25.0 Å². The molecule has 158 valence electrons. The standard InChI is InChI=1S/C20H16ClN5O4S/c1-11-2-3-12(8-16(11)26(29)30)18(28)22-20-24-23-19(31-20)13-9-17(27)25(10-13)15-6-4-14(21)5-7-15/h2-8,13H,9-10H2,1H3,(H,22,24,28). The number of aryl methyl sites for hydroxylation is 1. The predicted molar refractivity (Wildman–Crippen MR) is 117 cm³/mol. The van der Waals surface area contributed by atoms with E-state index in [-0.39, 0.29) is 34.6 Å². The Morgan fingerprint density at radius 3 is 2.71 bits per heavy atom. The SMILES string of the molecule is Cc1ccc(C(=O)Nc2nnc(C3CC(=O)N(c4ccc(Cl)cc4)C3)s2)cc1[N+](=O)[O-]. The van der Waals surface area contributed by atoms with Crippen molar-refractivity contribution in [3.63, 3.8) is 0 Å². The highest BCUT2D eigenvalue weighted by atomic mass is 35.5. The highest BCUT2D eigenvalue weighted by Gasteiger charge is 2.34. The molecule has 11 heteroatoms. The second-order valence-electron chi connectivity index (χ2n) is 7.04. The Labute approximate surface area is 185 Å². The minimum absolute atomic E-state index is 0.0277. The second-order valence-corrected chi connectivity index (χ2v) is 8.49. The fourth-order valence-corrected chi connectivity index (χ4v) is 4.27. The van der Waals surface area contributed by atoms with Gasteiger partial charge in [0.1, 0.15) is 5.01 Å². The summed E-state index contributed by atoms with van der Waals surface area (Å²) >= 11 is 7.09. The molecule has 0 saturated carbocycles. The minimum Gasteiger partial charge on any atom is -0.312 e. The van der Waals surface area contributed by atoms with Crippen LogP contribution in [0.3, 0.4) is 0 Å². The van der Waals surface area contributed by atoms with Crippen molar-refractivity contribution in [2.75, 3.05) is 16.8 Å². The van der Waals surface area contributed by atoms with Crippen LogP contribution in [0.5, 0.6) is 0 Å². The summed E-state index contributed by atoms with van der Waals surface area (Å²) in [7, 11) is 0. The van der Waals surface area contributed by atoms with E-state index in [1.165, 1.54) is 29.5 Å². The number of benzene rings is 2. The zero-order valence-corrected chi connectivity index (χ0v) is 17.8. The summed E-state index contributed by atoms with van der Waals surface area (Å²) < 4.78 is 0. The van der Waals surface area contributed by atoms with Crippen molar-refractivity contribution in [3.05, 3.63) is 73.7 Å². The van der Waals surface area contributed by atoms with Gasteiger partial charge in [0.15, 0.2) is 0 Å². The normalized spacial score (nSPS) is 15.9. The number of rotatable bonds is 5. The number of nitro benzene ring substituents is 1. The Balaban J connectivity index is 1.46. The molecule has 1 aliphatic rings. The number of hydrogen-bond acceptors (Lipinski definition) is 7. The lowest BCUT2D eigenvalue weighted by Crippen LogP contribution is -2.24. The summed E-state index contributed by atoms with van der Waals surface area (Å²) in [5.41, 5.74) is 1.25. The summed E-state index contributed by atoms with van der Waals surface area (Å²) in [6, 6.07) is 11.3. The molecule has 0 aliphatic carbocycles. The third-order valence-electron chi connectivity index (χ3n) is 4.94. The first kappa shape index (κ1) is 20.9. The monoisotopic (exact) mass is 457 g/mol. The van der Waals surface area contributed by atoms with Crippen LogP contribution in [0.4, 0.5) is 16.5 Å². The van der Waals surface area contributed by atoms with Gasteiger partial charge in [0.25, 0.3) is 11.6 Å². The maximum atomic E-state index is 12.5. The van der Waals surface area contributed by atoms with Gasteiger partial charge in [0, 0.05) is 46.8 Å². The first-order valence-corrected chi connectivity index (χ1v) is 10.5. The summed E-state index contributed by atoms with van der Waals surface area (Å²) in [5, 5.41) is 23.3. The third-order valence-corrected chi connectivity index (χ3v) is 6.19. The molecule has 1 fully saturated rings. The van der Waals surface area contributed by atoms with Crippen molar-refractivity contribution in [3.8, 4) is 0 Å². The largest absolute Gasteiger partial charge is 0.312 e. The van der Waals surface area contributed by atoms with Gasteiger partial charge >= 0.3 is 0 Å². The van der Waals surface area contributed by atoms with Crippen LogP contribution >= 0.6 is 22.9 Å². The number of nitrogens with one attached hydrogen (secondary N) is 1. The van der Waals surface area contributed by atoms with Crippen molar-refractivity contribution in [2.45, 2.75) is 19.3 Å². The van der Waals surface area contributed by atoms with Crippen molar-refractivity contribution in [1.82, 2.24) is 10.2 Å². The molecule has 0 bridgehead atoms. The average Bonchev–Trinajstić information content (AvgIpc) is 3.35. The van der Waals surface area contributed by atoms with E-state index in [1.807, 2.05) is 0 Å². The van der Waals surface area contributed by atoms with Gasteiger partial charge in [0.2, 0.25) is 11.0 Å². The summed E-state index contributed by atoms with van der Waals surface area (Å²) in [6.45, 7) is 2.06. The second kappa shape index (κ2) is 8.40. The van der Waals surface area contributed by atoms with E-state index < -0.39 is 10.8 Å². The Morgan fingerprint density at radius 2 is 2.00 bits per heavy atom. The number of nitro groups is 1. The van der Waals surface area contributed by atoms with Crippen LogP contribution in [0.25, 0.3) is 0 Å². The lowest BCUT2D eigenvalue weighted by molar-refractivity contribution is -0.385. The van der Waals surface area contributed by atoms with E-state index in [9.17, 15) is 19.7 Å². The van der Waals surface area contributed by atoms with Crippen molar-refractivity contribution in [1.29, 1.82) is 0 Å². The molecule has 9 nitrogen and oxygen atoms in total. The summed E-state index contributed by atoms with van der Waals surface area (Å²) in [4.78, 5) is 37.2. The van der Waals surface area contributed by atoms with Crippen molar-refractivity contribution < 1.29 is 14.5 Å². The Kier molecular flexibility index (Phi) is 5.66. The number of carbonyl (C=O) groups excluding carboxylic acids is 2. The lowest BCUT2D eigenvalue weighted by atomic mass is 10.1. The van der Waals surface area contributed by atoms with Crippen LogP contribution in [0.15, 0.2) is 42.5 Å². The number of hydrogen-bond donors (Lipinski definition) is 1. The molecule has 2 amide bonds. The van der Waals surface area contributed by atoms with Crippen molar-refractivity contribution in [2.24, 2.45) is 0 Å². The molecule has 0 radical (unpaired) electrons. The molecule has 2 aromatic carbocycles. The molecule has 1 aliphatic heterocycles. The molecule has 31 heavy (non-hydrogen) atoms. The molecule has 3 aromatic rings. The van der Waals surface area contributed by atoms with E-state index in [1.54, 1.807) is 36.1 Å². The zero-order chi connectivity index (χ0) is 22.1. The van der Waals surface area contributed by atoms with Crippen LogP contribution < -0.4 is 10.2 Å². The molecular weight excluding hydrogens is 442 g/mol. The topological polar surface area (TPSA) is 118 Å². The maximum Gasteiger partial charge on any atom is 0.273 e. The van der Waals surface area contributed by atoms with E-state index in [0.717, 1.165) is 5.69 Å². The molecule has 1 aromatic heterocycles. The quantitative estimate of drug-likeness (QED) is 0.453. The average molecular weight is 458 g/mol. The van der Waals surface area contributed by atoms with Crippen LogP contribution in [-0.2, 0) is 4.79 Å². The van der Waals surface area contributed by atoms with Gasteiger partial charge in [-0.05, 0) is 37.3 Å². The number of nitrogens with zero attached hydrogens (tertiary/aromatic N) is 4. The van der Waals surface area contributed by atoms with Crippen LogP contribution in [0.2, 0.25) is 5.02 Å². The van der Waals surface area contributed by atoms with Gasteiger partial charge in [-0.15, -0.1) is 10.2 Å². The number of aromatic nitrogens is 2. The molecular formula is C20H16ClN5O4S. The third kappa shape index (κ3) is 4.39. The van der Waals surface area contributed by atoms with Crippen LogP contribution in [0, 0.1) is 17.0 Å². The van der Waals surface area contributed by atoms with E-state index >= 15 is 0 Å². The first-order chi connectivity index (χ1) is 14.8. The number of carbonyl (C=O) groups is 2. The minimum atomic E-state index is -0.529. The lowest BCUT2D eigenvalue weighted by Gasteiger charge is -2.16. The fourth-order valence-electron chi connectivity index (χ4n) is 3.31. The Hall–Kier alpha value is -3.37. The maximum absolute atomic E-state index is 12.5. The molecule has 1 unspecified atom stereocenters. The fraction of sp³-hybridized carbons (Fsp3) is 0.200. The van der Waals surface area contributed by atoms with E-state index in [2.05, 4.69) is 15.5 Å². The number of amides is 2. The molecule has 0 spiro atoms. The van der Waals surface area contributed by atoms with Crippen LogP contribution in [0.1, 0.15) is 33.3 Å². The Morgan fingerprint density at radius 1 is 1.26 bits per heavy atom. The molecule has 1 saturated heterocycles. The summed E-state index contributed by atoms with van der Waals surface area (Å²) in [5.74, 6) is -0.692. The zero-order valence-electron chi connectivity index (χ0n) is 16.2. The van der Waals surface area contributed by atoms with Gasteiger partial charge in [-0.1, -0.05) is 29.0 Å². The first-order valence-electron chi connectivity index (χ1n) is 9.27. The summed E-state index contributed by atoms with van der Waals surface area (Å²) in [6.07, 6.45) is 0.287. The molecule has 1 atom stereocenters. The van der Waals surface area contributed by atoms with E-state index in [4.69, 9.17) is 11.6 Å². The van der Waals surface area contributed by atoms with Crippen molar-refractivity contribution >= 4 is 51.3 Å². The molecule has 1 N–H and O–H groups in total. The highest BCUT2D eigenvalue weighted by Crippen LogP contribution is 2.34. The molecule has 4 rings (SSSR count). The smallest absolute Gasteiger partial charge is 0.273 e. The predicted octanol–water partition coefficient (Wildman–Crippen LogP) is 4.18. The highest BCUT2D eigenvalue weighted by molar-refractivity contribution is 7.15. The van der Waals surface area contributed by atoms with Crippen LogP contribution in [-0.4, -0.2) is 33.5 Å². The molecule has 2 heterocycles. The Bertz CT molecular complexity index is 1180. The number of anilines is 2. The number of halogens is 1. The van der Waals surface area contributed by atoms with Gasteiger partial charge in [0.05, 0.1) is 4.92 Å². The van der Waals surface area contributed by atoms with Gasteiger partial charge in [-0.2, -0.15) is 0 Å². The van der Waals surface area contributed by atoms with Gasteiger partial charge < -0.3 is 4.90 Å². The van der Waals surface area contributed by atoms with Gasteiger partial charge in [-0.25, -0.2) is 0 Å².